The van der Waals surface area contributed by atoms with E-state index >= 15 is 0 Å². The Bertz CT molecular complexity index is 1220. The van der Waals surface area contributed by atoms with Crippen LogP contribution in [0.1, 0.15) is 40.3 Å². The van der Waals surface area contributed by atoms with Gasteiger partial charge in [-0.05, 0) is 32.9 Å². The second kappa shape index (κ2) is 7.16. The van der Waals surface area contributed by atoms with Crippen molar-refractivity contribution >= 4 is 16.8 Å². The zero-order valence-corrected chi connectivity index (χ0v) is 17.3. The minimum Gasteiger partial charge on any atom is -0.345 e. The van der Waals surface area contributed by atoms with Crippen molar-refractivity contribution in [1.29, 1.82) is 0 Å². The van der Waals surface area contributed by atoms with Gasteiger partial charge in [-0.2, -0.15) is 10.2 Å². The molecule has 4 aromatic rings. The molecule has 0 bridgehead atoms. The Labute approximate surface area is 169 Å². The number of aryl methyl sites for hydroxylation is 3. The molecule has 0 aliphatic carbocycles. The van der Waals surface area contributed by atoms with Gasteiger partial charge in [0.1, 0.15) is 0 Å². The molecule has 0 saturated heterocycles. The van der Waals surface area contributed by atoms with E-state index in [1.165, 1.54) is 0 Å². The number of carbonyl (C=O) groups is 1. The number of pyridine rings is 1. The third-order valence-electron chi connectivity index (χ3n) is 5.34. The minimum absolute atomic E-state index is 0.137. The Morgan fingerprint density at radius 1 is 1.17 bits per heavy atom. The van der Waals surface area contributed by atoms with Gasteiger partial charge >= 0.3 is 0 Å². The fraction of sp³-hybridized carbons (Fsp3) is 0.273. The van der Waals surface area contributed by atoms with Crippen LogP contribution in [0, 0.1) is 13.8 Å². The van der Waals surface area contributed by atoms with Gasteiger partial charge in [-0.1, -0.05) is 18.2 Å². The van der Waals surface area contributed by atoms with E-state index in [1.54, 1.807) is 10.9 Å². The lowest BCUT2D eigenvalue weighted by Crippen LogP contribution is -2.27. The van der Waals surface area contributed by atoms with Crippen molar-refractivity contribution < 1.29 is 4.79 Å². The summed E-state index contributed by atoms with van der Waals surface area (Å²) in [5.41, 5.74) is 5.95. The second-order valence-corrected chi connectivity index (χ2v) is 7.38. The first-order chi connectivity index (χ1) is 13.8. The average molecular weight is 388 g/mol. The van der Waals surface area contributed by atoms with Crippen LogP contribution in [0.4, 0.5) is 0 Å². The van der Waals surface area contributed by atoms with Gasteiger partial charge in [0.25, 0.3) is 5.91 Å². The maximum Gasteiger partial charge on any atom is 0.252 e. The number of para-hydroxylation sites is 1. The monoisotopic (exact) mass is 388 g/mol. The molecule has 29 heavy (non-hydrogen) atoms. The van der Waals surface area contributed by atoms with Gasteiger partial charge < -0.3 is 5.32 Å². The number of hydrogen-bond acceptors (Lipinski definition) is 4. The van der Waals surface area contributed by atoms with Crippen LogP contribution >= 0.6 is 0 Å². The highest BCUT2D eigenvalue weighted by Crippen LogP contribution is 2.27. The lowest BCUT2D eigenvalue weighted by atomic mass is 10.0. The molecule has 1 atom stereocenters. The molecular formula is C22H24N6O. The first kappa shape index (κ1) is 18.9. The number of rotatable bonds is 4. The third-order valence-corrected chi connectivity index (χ3v) is 5.34. The summed E-state index contributed by atoms with van der Waals surface area (Å²) in [6.07, 6.45) is 3.73. The first-order valence-corrected chi connectivity index (χ1v) is 9.55. The molecule has 3 aromatic heterocycles. The number of nitrogens with zero attached hydrogens (tertiary/aromatic N) is 5. The van der Waals surface area contributed by atoms with Gasteiger partial charge in [0.15, 0.2) is 0 Å². The van der Waals surface area contributed by atoms with Crippen molar-refractivity contribution in [3.05, 3.63) is 65.2 Å². The zero-order valence-electron chi connectivity index (χ0n) is 17.3. The number of aromatic nitrogens is 5. The van der Waals surface area contributed by atoms with Crippen LogP contribution in [0.3, 0.4) is 0 Å². The van der Waals surface area contributed by atoms with Crippen molar-refractivity contribution in [2.45, 2.75) is 26.8 Å². The molecule has 0 spiro atoms. The van der Waals surface area contributed by atoms with Crippen LogP contribution in [0.15, 0.2) is 42.7 Å². The van der Waals surface area contributed by atoms with Crippen LogP contribution in [-0.2, 0) is 14.1 Å². The first-order valence-electron chi connectivity index (χ1n) is 9.55. The van der Waals surface area contributed by atoms with Crippen molar-refractivity contribution in [2.75, 3.05) is 0 Å². The van der Waals surface area contributed by atoms with Gasteiger partial charge in [-0.3, -0.25) is 14.2 Å². The number of carbonyl (C=O) groups excluding carboxylic acids is 1. The van der Waals surface area contributed by atoms with Gasteiger partial charge in [0.2, 0.25) is 0 Å². The summed E-state index contributed by atoms with van der Waals surface area (Å²) in [5.74, 6) is -0.137. The van der Waals surface area contributed by atoms with Crippen molar-refractivity contribution in [3.8, 4) is 11.3 Å². The Morgan fingerprint density at radius 2 is 1.93 bits per heavy atom. The highest BCUT2D eigenvalue weighted by molar-refractivity contribution is 6.07. The van der Waals surface area contributed by atoms with Gasteiger partial charge in [0, 0.05) is 42.5 Å². The Hall–Kier alpha value is -3.48. The second-order valence-electron chi connectivity index (χ2n) is 7.38. The summed E-state index contributed by atoms with van der Waals surface area (Å²) in [6, 6.07) is 9.40. The van der Waals surface area contributed by atoms with E-state index in [0.717, 1.165) is 39.1 Å². The maximum atomic E-state index is 13.2. The quantitative estimate of drug-likeness (QED) is 0.581. The van der Waals surface area contributed by atoms with E-state index in [-0.39, 0.29) is 11.9 Å². The molecule has 7 heteroatoms. The molecule has 148 valence electrons. The normalized spacial score (nSPS) is 12.3. The smallest absolute Gasteiger partial charge is 0.252 e. The molecule has 1 N–H and O–H groups in total. The summed E-state index contributed by atoms with van der Waals surface area (Å²) < 4.78 is 3.57. The molecule has 1 amide bonds. The molecule has 0 fully saturated rings. The van der Waals surface area contributed by atoms with Gasteiger partial charge in [0.05, 0.1) is 34.7 Å². The van der Waals surface area contributed by atoms with E-state index in [1.807, 2.05) is 76.1 Å². The SMILES string of the molecule is Cc1nn(C)cc1-c1cc(C(=O)N[C@H](C)c2cnn(C)c2C)c2ccccc2n1. The Balaban J connectivity index is 1.76. The molecule has 0 aliphatic rings. The van der Waals surface area contributed by atoms with Crippen molar-refractivity contribution in [2.24, 2.45) is 14.1 Å². The van der Waals surface area contributed by atoms with Crippen LogP contribution in [0.5, 0.6) is 0 Å². The lowest BCUT2D eigenvalue weighted by Gasteiger charge is -2.15. The van der Waals surface area contributed by atoms with Gasteiger partial charge in [-0.15, -0.1) is 0 Å². The fourth-order valence-corrected chi connectivity index (χ4v) is 3.65. The highest BCUT2D eigenvalue weighted by Gasteiger charge is 2.19. The number of amides is 1. The molecule has 7 nitrogen and oxygen atoms in total. The van der Waals surface area contributed by atoms with Gasteiger partial charge in [-0.25, -0.2) is 4.98 Å². The van der Waals surface area contributed by atoms with Crippen molar-refractivity contribution in [3.63, 3.8) is 0 Å². The summed E-state index contributed by atoms with van der Waals surface area (Å²) in [7, 11) is 3.77. The standard InChI is InChI=1S/C22H24N6O/c1-13(18-11-23-28(5)15(18)3)24-22(29)17-10-21(19-12-27(4)26-14(19)2)25-20-9-7-6-8-16(17)20/h6-13H,1-5H3,(H,24,29)/t13-/m1/s1. The molecule has 0 radical (unpaired) electrons. The summed E-state index contributed by atoms with van der Waals surface area (Å²) >= 11 is 0. The largest absolute Gasteiger partial charge is 0.345 e. The van der Waals surface area contributed by atoms with Crippen LogP contribution < -0.4 is 5.32 Å². The molecular weight excluding hydrogens is 364 g/mol. The minimum atomic E-state index is -0.160. The molecule has 0 aliphatic heterocycles. The molecule has 4 rings (SSSR count). The third kappa shape index (κ3) is 3.40. The lowest BCUT2D eigenvalue weighted by molar-refractivity contribution is 0.0941. The molecule has 0 saturated carbocycles. The van der Waals surface area contributed by atoms with E-state index < -0.39 is 0 Å². The summed E-state index contributed by atoms with van der Waals surface area (Å²) in [4.78, 5) is 18.0. The predicted octanol–water partition coefficient (Wildman–Crippen LogP) is 3.48. The van der Waals surface area contributed by atoms with Crippen LogP contribution in [0.2, 0.25) is 0 Å². The number of hydrogen-bond donors (Lipinski definition) is 1. The molecule has 0 unspecified atom stereocenters. The van der Waals surface area contributed by atoms with Crippen molar-refractivity contribution in [1.82, 2.24) is 29.9 Å². The van der Waals surface area contributed by atoms with E-state index in [0.29, 0.717) is 5.56 Å². The predicted molar refractivity (Wildman–Crippen MR) is 113 cm³/mol. The Morgan fingerprint density at radius 3 is 2.59 bits per heavy atom. The van der Waals surface area contributed by atoms with Crippen LogP contribution in [0.25, 0.3) is 22.2 Å². The average Bonchev–Trinajstić information content (AvgIpc) is 3.21. The Kier molecular flexibility index (Phi) is 4.66. The fourth-order valence-electron chi connectivity index (χ4n) is 3.65. The zero-order chi connectivity index (χ0) is 20.7. The number of fused-ring (bicyclic) bond motifs is 1. The highest BCUT2D eigenvalue weighted by atomic mass is 16.1. The van der Waals surface area contributed by atoms with E-state index in [4.69, 9.17) is 4.98 Å². The van der Waals surface area contributed by atoms with E-state index in [2.05, 4.69) is 15.5 Å². The van der Waals surface area contributed by atoms with Crippen LogP contribution in [-0.4, -0.2) is 30.5 Å². The molecule has 1 aromatic carbocycles. The topological polar surface area (TPSA) is 77.6 Å². The summed E-state index contributed by atoms with van der Waals surface area (Å²) in [5, 5.41) is 12.6. The number of benzene rings is 1. The number of nitrogens with one attached hydrogen (secondary N) is 1. The van der Waals surface area contributed by atoms with E-state index in [9.17, 15) is 4.79 Å². The summed E-state index contributed by atoms with van der Waals surface area (Å²) in [6.45, 7) is 5.91. The maximum absolute atomic E-state index is 13.2. The molecule has 3 heterocycles.